The Labute approximate surface area is 134 Å². The first-order valence-corrected chi connectivity index (χ1v) is 7.48. The maximum Gasteiger partial charge on any atom is 0.293 e. The normalized spacial score (nSPS) is 11.5. The molecule has 4 nitrogen and oxygen atoms in total. The Hall–Kier alpha value is -1.88. The lowest BCUT2D eigenvalue weighted by Gasteiger charge is -2.26. The third kappa shape index (κ3) is 3.30. The second-order valence-corrected chi connectivity index (χ2v) is 6.11. The summed E-state index contributed by atoms with van der Waals surface area (Å²) < 4.78 is 15.7. The largest absolute Gasteiger partial charge is 0.365 e. The molecule has 0 amide bonds. The summed E-state index contributed by atoms with van der Waals surface area (Å²) in [4.78, 5) is 16.2. The number of aryl methyl sites for hydroxylation is 1. The van der Waals surface area contributed by atoms with Crippen LogP contribution in [-0.2, 0) is 12.0 Å². The molecule has 0 radical (unpaired) electrons. The molecular weight excluding hydrogens is 305 g/mol. The first kappa shape index (κ1) is 16.5. The molecule has 2 rings (SSSR count). The van der Waals surface area contributed by atoms with Crippen LogP contribution in [-0.4, -0.2) is 16.1 Å². The lowest BCUT2D eigenvalue weighted by atomic mass is 9.84. The van der Waals surface area contributed by atoms with Crippen LogP contribution >= 0.6 is 11.6 Å². The molecule has 0 unspecified atom stereocenters. The minimum absolute atomic E-state index is 0.0942. The van der Waals surface area contributed by atoms with Gasteiger partial charge in [-0.2, -0.15) is 0 Å². The smallest absolute Gasteiger partial charge is 0.293 e. The Kier molecular flexibility index (Phi) is 4.86. The van der Waals surface area contributed by atoms with Gasteiger partial charge in [0.1, 0.15) is 5.82 Å². The van der Waals surface area contributed by atoms with Crippen LogP contribution in [0.25, 0.3) is 0 Å². The highest BCUT2D eigenvalue weighted by Crippen LogP contribution is 2.29. The third-order valence-corrected chi connectivity index (χ3v) is 3.92. The Morgan fingerprint density at radius 1 is 1.41 bits per heavy atom. The number of anilines is 1. The summed E-state index contributed by atoms with van der Waals surface area (Å²) in [6.45, 7) is 6.59. The SMILES string of the molecule is CCn1ccnc(NCC(C)(C)c2cccc(Cl)c2F)c1=O. The Bertz CT molecular complexity index is 728. The third-order valence-electron chi connectivity index (χ3n) is 3.63. The molecule has 0 atom stereocenters. The van der Waals surface area contributed by atoms with Gasteiger partial charge in [-0.3, -0.25) is 4.79 Å². The van der Waals surface area contributed by atoms with Crippen molar-refractivity contribution >= 4 is 17.4 Å². The molecule has 1 heterocycles. The van der Waals surface area contributed by atoms with Gasteiger partial charge in [0.05, 0.1) is 5.02 Å². The van der Waals surface area contributed by atoms with E-state index in [9.17, 15) is 9.18 Å². The molecule has 0 bridgehead atoms. The van der Waals surface area contributed by atoms with Crippen LogP contribution in [0, 0.1) is 5.82 Å². The second-order valence-electron chi connectivity index (χ2n) is 5.71. The van der Waals surface area contributed by atoms with Crippen LogP contribution in [0.5, 0.6) is 0 Å². The maximum atomic E-state index is 14.2. The van der Waals surface area contributed by atoms with Gasteiger partial charge < -0.3 is 9.88 Å². The minimum atomic E-state index is -0.546. The van der Waals surface area contributed by atoms with E-state index in [1.165, 1.54) is 6.07 Å². The number of nitrogens with one attached hydrogen (secondary N) is 1. The molecule has 0 aliphatic carbocycles. The van der Waals surface area contributed by atoms with E-state index in [4.69, 9.17) is 11.6 Å². The molecule has 1 aromatic heterocycles. The van der Waals surface area contributed by atoms with Crippen molar-refractivity contribution < 1.29 is 4.39 Å². The zero-order valence-electron chi connectivity index (χ0n) is 12.9. The van der Waals surface area contributed by atoms with Crippen LogP contribution in [0.4, 0.5) is 10.2 Å². The Morgan fingerprint density at radius 2 is 2.14 bits per heavy atom. The number of hydrogen-bond acceptors (Lipinski definition) is 3. The van der Waals surface area contributed by atoms with Crippen molar-refractivity contribution in [1.82, 2.24) is 9.55 Å². The van der Waals surface area contributed by atoms with E-state index in [2.05, 4.69) is 10.3 Å². The molecule has 1 N–H and O–H groups in total. The predicted octanol–water partition coefficient (Wildman–Crippen LogP) is 3.45. The number of rotatable bonds is 5. The standard InChI is InChI=1S/C16H19ClFN3O/c1-4-21-9-8-19-14(15(21)22)20-10-16(2,3)11-6-5-7-12(17)13(11)18/h5-9H,4,10H2,1-3H3,(H,19,20). The number of nitrogens with zero attached hydrogens (tertiary/aromatic N) is 2. The summed E-state index contributed by atoms with van der Waals surface area (Å²) in [6.07, 6.45) is 3.20. The van der Waals surface area contributed by atoms with E-state index in [1.54, 1.807) is 29.1 Å². The van der Waals surface area contributed by atoms with Crippen LogP contribution in [0.3, 0.4) is 0 Å². The summed E-state index contributed by atoms with van der Waals surface area (Å²) >= 11 is 5.84. The Balaban J connectivity index is 2.23. The highest BCUT2D eigenvalue weighted by atomic mass is 35.5. The summed E-state index contributed by atoms with van der Waals surface area (Å²) in [5.41, 5.74) is -0.234. The van der Waals surface area contributed by atoms with Gasteiger partial charge in [-0.15, -0.1) is 0 Å². The fourth-order valence-electron chi connectivity index (χ4n) is 2.24. The quantitative estimate of drug-likeness (QED) is 0.916. The molecule has 22 heavy (non-hydrogen) atoms. The average Bonchev–Trinajstić information content (AvgIpc) is 2.49. The van der Waals surface area contributed by atoms with E-state index in [0.29, 0.717) is 18.7 Å². The first-order chi connectivity index (χ1) is 10.4. The van der Waals surface area contributed by atoms with E-state index in [0.717, 1.165) is 0 Å². The fraction of sp³-hybridized carbons (Fsp3) is 0.375. The zero-order chi connectivity index (χ0) is 16.3. The van der Waals surface area contributed by atoms with Crippen molar-refractivity contribution in [2.75, 3.05) is 11.9 Å². The van der Waals surface area contributed by atoms with Gasteiger partial charge in [0.15, 0.2) is 5.82 Å². The van der Waals surface area contributed by atoms with Crippen molar-refractivity contribution in [3.63, 3.8) is 0 Å². The minimum Gasteiger partial charge on any atom is -0.365 e. The molecule has 0 aliphatic rings. The van der Waals surface area contributed by atoms with Crippen LogP contribution < -0.4 is 10.9 Å². The van der Waals surface area contributed by atoms with Crippen LogP contribution in [0.15, 0.2) is 35.4 Å². The average molecular weight is 324 g/mol. The summed E-state index contributed by atoms with van der Waals surface area (Å²) in [6, 6.07) is 4.93. The fourth-order valence-corrected chi connectivity index (χ4v) is 2.42. The molecule has 118 valence electrons. The van der Waals surface area contributed by atoms with Gasteiger partial charge in [-0.05, 0) is 18.6 Å². The molecule has 0 fully saturated rings. The summed E-state index contributed by atoms with van der Waals surface area (Å²) in [5, 5.41) is 3.11. The lowest BCUT2D eigenvalue weighted by molar-refractivity contribution is 0.503. The lowest BCUT2D eigenvalue weighted by Crippen LogP contribution is -2.32. The highest BCUT2D eigenvalue weighted by Gasteiger charge is 2.25. The maximum absolute atomic E-state index is 14.2. The number of hydrogen-bond donors (Lipinski definition) is 1. The summed E-state index contributed by atoms with van der Waals surface area (Å²) in [7, 11) is 0. The van der Waals surface area contributed by atoms with Gasteiger partial charge in [0.25, 0.3) is 5.56 Å². The van der Waals surface area contributed by atoms with Crippen LogP contribution in [0.1, 0.15) is 26.3 Å². The molecular formula is C16H19ClFN3O. The van der Waals surface area contributed by atoms with Crippen molar-refractivity contribution in [3.8, 4) is 0 Å². The van der Waals surface area contributed by atoms with Gasteiger partial charge in [0.2, 0.25) is 0 Å². The molecule has 0 aliphatic heterocycles. The van der Waals surface area contributed by atoms with Gasteiger partial charge >= 0.3 is 0 Å². The van der Waals surface area contributed by atoms with E-state index < -0.39 is 11.2 Å². The topological polar surface area (TPSA) is 46.9 Å². The van der Waals surface area contributed by atoms with Gasteiger partial charge in [0, 0.05) is 30.9 Å². The van der Waals surface area contributed by atoms with E-state index in [1.807, 2.05) is 20.8 Å². The molecule has 0 saturated heterocycles. The Morgan fingerprint density at radius 3 is 2.82 bits per heavy atom. The van der Waals surface area contributed by atoms with Crippen LogP contribution in [0.2, 0.25) is 5.02 Å². The summed E-state index contributed by atoms with van der Waals surface area (Å²) in [5.74, 6) is -0.164. The van der Waals surface area contributed by atoms with E-state index >= 15 is 0 Å². The van der Waals surface area contributed by atoms with Crippen molar-refractivity contribution in [3.05, 3.63) is 57.3 Å². The van der Waals surface area contributed by atoms with Crippen molar-refractivity contribution in [2.45, 2.75) is 32.7 Å². The highest BCUT2D eigenvalue weighted by molar-refractivity contribution is 6.30. The number of aromatic nitrogens is 2. The van der Waals surface area contributed by atoms with E-state index in [-0.39, 0.29) is 16.4 Å². The second kappa shape index (κ2) is 6.48. The molecule has 6 heteroatoms. The van der Waals surface area contributed by atoms with Gasteiger partial charge in [-0.25, -0.2) is 9.37 Å². The predicted molar refractivity (Wildman–Crippen MR) is 87.1 cm³/mol. The number of halogens is 2. The molecule has 0 spiro atoms. The monoisotopic (exact) mass is 323 g/mol. The van der Waals surface area contributed by atoms with Gasteiger partial charge in [-0.1, -0.05) is 37.6 Å². The zero-order valence-corrected chi connectivity index (χ0v) is 13.6. The molecule has 0 saturated carbocycles. The van der Waals surface area contributed by atoms with Crippen molar-refractivity contribution in [2.24, 2.45) is 0 Å². The molecule has 1 aromatic carbocycles. The first-order valence-electron chi connectivity index (χ1n) is 7.10. The number of benzene rings is 1. The molecule has 2 aromatic rings. The van der Waals surface area contributed by atoms with Crippen molar-refractivity contribution in [1.29, 1.82) is 0 Å².